The summed E-state index contributed by atoms with van der Waals surface area (Å²) in [5.74, 6) is 0. The van der Waals surface area contributed by atoms with Crippen molar-refractivity contribution < 1.29 is 10.0 Å². The lowest BCUT2D eigenvalue weighted by molar-refractivity contribution is 0.448. The molecule has 7 heteroatoms. The number of aryl methyl sites for hydroxylation is 1. The van der Waals surface area contributed by atoms with Gasteiger partial charge in [0.05, 0.1) is 11.7 Å². The fourth-order valence-corrected chi connectivity index (χ4v) is 2.62. The maximum atomic E-state index is 9.57. The summed E-state index contributed by atoms with van der Waals surface area (Å²) >= 11 is 0. The second kappa shape index (κ2) is 7.02. The highest BCUT2D eigenvalue weighted by Gasteiger charge is 2.23. The normalized spacial score (nSPS) is 18.4. The second-order valence-corrected chi connectivity index (χ2v) is 5.25. The highest BCUT2D eigenvalue weighted by molar-refractivity contribution is 6.63. The summed E-state index contributed by atoms with van der Waals surface area (Å²) in [6, 6.07) is 4.18. The van der Waals surface area contributed by atoms with Crippen LogP contribution in [0.5, 0.6) is 0 Å². The number of rotatable bonds is 5. The zero-order chi connectivity index (χ0) is 14.5. The first-order valence-corrected chi connectivity index (χ1v) is 7.17. The van der Waals surface area contributed by atoms with E-state index in [9.17, 15) is 10.0 Å². The van der Waals surface area contributed by atoms with Crippen LogP contribution in [0.3, 0.4) is 0 Å². The molecule has 20 heavy (non-hydrogen) atoms. The van der Waals surface area contributed by atoms with E-state index in [2.05, 4.69) is 16.0 Å². The molecule has 1 heterocycles. The van der Waals surface area contributed by atoms with Crippen LogP contribution in [0.2, 0.25) is 13.6 Å². The monoisotopic (exact) mass is 273 g/mol. The molecule has 1 unspecified atom stereocenters. The van der Waals surface area contributed by atoms with Crippen LogP contribution in [-0.2, 0) is 6.42 Å². The van der Waals surface area contributed by atoms with Crippen LogP contribution in [-0.4, -0.2) is 46.6 Å². The third kappa shape index (κ3) is 3.68. The molecule has 0 aliphatic heterocycles. The average molecular weight is 273 g/mol. The molecule has 1 aliphatic rings. The lowest BCUT2D eigenvalue weighted by Gasteiger charge is -2.23. The summed E-state index contributed by atoms with van der Waals surface area (Å²) in [7, 11) is -1.39. The molecule has 106 valence electrons. The number of aliphatic imine (C=N–C) groups is 1. The Morgan fingerprint density at radius 1 is 1.45 bits per heavy atom. The maximum Gasteiger partial charge on any atom is 0.367 e. The van der Waals surface area contributed by atoms with E-state index in [1.807, 2.05) is 12.3 Å². The summed E-state index contributed by atoms with van der Waals surface area (Å²) in [6.45, 7) is 3.70. The van der Waals surface area contributed by atoms with Crippen molar-refractivity contribution in [3.05, 3.63) is 29.6 Å². The molecule has 1 aromatic heterocycles. The Hall–Kier alpha value is -1.17. The fraction of sp³-hybridized carbons (Fsp3) is 0.538. The van der Waals surface area contributed by atoms with E-state index < -0.39 is 14.1 Å². The topological polar surface area (TPSA) is 69.0 Å². The Morgan fingerprint density at radius 2 is 2.20 bits per heavy atom. The summed E-state index contributed by atoms with van der Waals surface area (Å²) in [5.41, 5.74) is 2.35. The second-order valence-electron chi connectivity index (χ2n) is 5.25. The van der Waals surface area contributed by atoms with Gasteiger partial charge in [0.2, 0.25) is 0 Å². The van der Waals surface area contributed by atoms with Crippen LogP contribution in [0.4, 0.5) is 0 Å². The van der Waals surface area contributed by atoms with Crippen molar-refractivity contribution in [3.63, 3.8) is 0 Å². The van der Waals surface area contributed by atoms with Gasteiger partial charge in [0.15, 0.2) is 0 Å². The maximum absolute atomic E-state index is 9.57. The fourth-order valence-electron chi connectivity index (χ4n) is 2.62. The van der Waals surface area contributed by atoms with Crippen molar-refractivity contribution in [3.8, 4) is 0 Å². The smallest absolute Gasteiger partial charge is 0.367 e. The number of pyridine rings is 1. The summed E-state index contributed by atoms with van der Waals surface area (Å²) in [6.07, 6.45) is 6.78. The third-order valence-electron chi connectivity index (χ3n) is 3.70. The molecule has 0 radical (unpaired) electrons. The van der Waals surface area contributed by atoms with Gasteiger partial charge in [-0.15, -0.1) is 0 Å². The largest absolute Gasteiger partial charge is 0.438 e. The number of hydrogen-bond acceptors (Lipinski definition) is 5. The van der Waals surface area contributed by atoms with Crippen molar-refractivity contribution in [2.45, 2.75) is 39.0 Å². The van der Waals surface area contributed by atoms with Crippen LogP contribution >= 0.6 is 0 Å². The average Bonchev–Trinajstić information content (AvgIpc) is 2.42. The van der Waals surface area contributed by atoms with Gasteiger partial charge in [0.1, 0.15) is 0 Å². The first kappa shape index (κ1) is 15.2. The lowest BCUT2D eigenvalue weighted by atomic mass is 9.69. The van der Waals surface area contributed by atoms with E-state index >= 15 is 0 Å². The molecule has 1 aromatic rings. The Balaban J connectivity index is 2.02. The molecule has 0 saturated carbocycles. The molecule has 1 aliphatic carbocycles. The molecular formula is C13H21B2N3O2. The Labute approximate surface area is 121 Å². The predicted molar refractivity (Wildman–Crippen MR) is 82.8 cm³/mol. The Morgan fingerprint density at radius 3 is 2.90 bits per heavy atom. The molecule has 0 amide bonds. The van der Waals surface area contributed by atoms with E-state index in [0.29, 0.717) is 6.54 Å². The molecule has 2 N–H and O–H groups in total. The molecule has 0 bridgehead atoms. The molecule has 0 saturated heterocycles. The van der Waals surface area contributed by atoms with Gasteiger partial charge in [0, 0.05) is 19.0 Å². The molecule has 0 spiro atoms. The van der Waals surface area contributed by atoms with Gasteiger partial charge in [0.25, 0.3) is 0 Å². The van der Waals surface area contributed by atoms with Crippen LogP contribution < -0.4 is 0 Å². The SMILES string of the molecule is CB(O)N(CC=NC1CCCc2cccnc21)B(C)O. The minimum Gasteiger partial charge on any atom is -0.438 e. The summed E-state index contributed by atoms with van der Waals surface area (Å²) < 4.78 is 1.56. The highest BCUT2D eigenvalue weighted by Crippen LogP contribution is 2.30. The van der Waals surface area contributed by atoms with Crippen molar-refractivity contribution >= 4 is 20.3 Å². The molecule has 0 fully saturated rings. The van der Waals surface area contributed by atoms with E-state index in [-0.39, 0.29) is 6.04 Å². The Kier molecular flexibility index (Phi) is 5.34. The van der Waals surface area contributed by atoms with Crippen LogP contribution in [0, 0.1) is 0 Å². The van der Waals surface area contributed by atoms with Crippen LogP contribution in [0.15, 0.2) is 23.3 Å². The number of nitrogens with zero attached hydrogens (tertiary/aromatic N) is 3. The minimum atomic E-state index is -0.696. The molecular weight excluding hydrogens is 252 g/mol. The summed E-state index contributed by atoms with van der Waals surface area (Å²) in [4.78, 5) is 9.02. The van der Waals surface area contributed by atoms with Gasteiger partial charge in [-0.25, -0.2) is 0 Å². The number of hydrogen-bond donors (Lipinski definition) is 2. The Bertz CT molecular complexity index is 461. The van der Waals surface area contributed by atoms with Gasteiger partial charge in [-0.1, -0.05) is 6.07 Å². The van der Waals surface area contributed by atoms with Crippen LogP contribution in [0.1, 0.15) is 30.1 Å². The zero-order valence-electron chi connectivity index (χ0n) is 12.1. The van der Waals surface area contributed by atoms with Gasteiger partial charge in [-0.05, 0) is 44.5 Å². The highest BCUT2D eigenvalue weighted by atomic mass is 16.2. The first-order chi connectivity index (χ1) is 9.59. The van der Waals surface area contributed by atoms with E-state index in [0.717, 1.165) is 25.0 Å². The standard InChI is InChI=1S/C13H21B2N3O2/c1-14(19)18(15(2)20)10-9-16-12-7-3-5-11-6-4-8-17-13(11)12/h4,6,8-9,12,19-20H,3,5,7,10H2,1-2H3. The van der Waals surface area contributed by atoms with Crippen molar-refractivity contribution in [1.29, 1.82) is 0 Å². The molecule has 1 atom stereocenters. The van der Waals surface area contributed by atoms with E-state index in [4.69, 9.17) is 0 Å². The van der Waals surface area contributed by atoms with Crippen LogP contribution in [0.25, 0.3) is 0 Å². The number of aromatic nitrogens is 1. The van der Waals surface area contributed by atoms with Gasteiger partial charge in [-0.2, -0.15) is 0 Å². The summed E-state index contributed by atoms with van der Waals surface area (Å²) in [5, 5.41) is 19.1. The zero-order valence-corrected chi connectivity index (χ0v) is 12.1. The molecule has 0 aromatic carbocycles. The lowest BCUT2D eigenvalue weighted by Crippen LogP contribution is -2.47. The van der Waals surface area contributed by atoms with Gasteiger partial charge >= 0.3 is 14.1 Å². The van der Waals surface area contributed by atoms with Gasteiger partial charge in [-0.3, -0.25) is 9.98 Å². The van der Waals surface area contributed by atoms with Crippen molar-refractivity contribution in [2.24, 2.45) is 4.99 Å². The van der Waals surface area contributed by atoms with E-state index in [1.165, 1.54) is 5.56 Å². The van der Waals surface area contributed by atoms with Crippen molar-refractivity contribution in [1.82, 2.24) is 9.71 Å². The van der Waals surface area contributed by atoms with E-state index in [1.54, 1.807) is 24.6 Å². The first-order valence-electron chi connectivity index (χ1n) is 7.17. The molecule has 5 nitrogen and oxygen atoms in total. The van der Waals surface area contributed by atoms with Gasteiger partial charge < -0.3 is 14.8 Å². The number of fused-ring (bicyclic) bond motifs is 1. The van der Waals surface area contributed by atoms with Crippen molar-refractivity contribution in [2.75, 3.05) is 6.54 Å². The third-order valence-corrected chi connectivity index (χ3v) is 3.70. The predicted octanol–water partition coefficient (Wildman–Crippen LogP) is 1.05. The molecule has 2 rings (SSSR count). The minimum absolute atomic E-state index is 0.102. The quantitative estimate of drug-likeness (QED) is 0.621.